The monoisotopic (exact) mass is 379 g/mol. The van der Waals surface area contributed by atoms with Crippen LogP contribution >= 0.6 is 0 Å². The van der Waals surface area contributed by atoms with E-state index in [1.807, 2.05) is 17.9 Å². The predicted octanol–water partition coefficient (Wildman–Crippen LogP) is 4.29. The van der Waals surface area contributed by atoms with Crippen LogP contribution in [-0.2, 0) is 4.79 Å². The number of hydrogen-bond acceptors (Lipinski definition) is 4. The van der Waals surface area contributed by atoms with E-state index in [-0.39, 0.29) is 11.4 Å². The largest absolute Gasteiger partial charge is 0.497 e. The minimum atomic E-state index is -0.545. The summed E-state index contributed by atoms with van der Waals surface area (Å²) in [7, 11) is 1.56. The molecule has 5 nitrogen and oxygen atoms in total. The van der Waals surface area contributed by atoms with Crippen LogP contribution in [0.3, 0.4) is 0 Å². The average Bonchev–Trinajstić information content (AvgIpc) is 3.23. The topological polar surface area (TPSA) is 65.4 Å². The lowest BCUT2D eigenvalue weighted by Crippen LogP contribution is -2.19. The molecule has 28 heavy (non-hydrogen) atoms. The van der Waals surface area contributed by atoms with Gasteiger partial charge in [-0.2, -0.15) is 5.26 Å². The van der Waals surface area contributed by atoms with E-state index in [0.29, 0.717) is 22.7 Å². The Labute approximate surface area is 164 Å². The number of hydrogen-bond donors (Lipinski definition) is 1. The van der Waals surface area contributed by atoms with Crippen LogP contribution in [0.1, 0.15) is 24.0 Å². The molecule has 144 valence electrons. The highest BCUT2D eigenvalue weighted by Crippen LogP contribution is 2.28. The number of benzene rings is 2. The van der Waals surface area contributed by atoms with Crippen molar-refractivity contribution >= 4 is 23.4 Å². The Morgan fingerprint density at radius 2 is 1.93 bits per heavy atom. The summed E-state index contributed by atoms with van der Waals surface area (Å²) in [6.07, 6.45) is 3.54. The van der Waals surface area contributed by atoms with Gasteiger partial charge in [0, 0.05) is 18.8 Å². The first kappa shape index (κ1) is 19.4. The molecule has 0 aromatic heterocycles. The summed E-state index contributed by atoms with van der Waals surface area (Å²) in [6.45, 7) is 3.54. The van der Waals surface area contributed by atoms with Crippen LogP contribution in [0, 0.1) is 24.1 Å². The van der Waals surface area contributed by atoms with Crippen molar-refractivity contribution in [3.05, 3.63) is 58.9 Å². The van der Waals surface area contributed by atoms with E-state index in [0.717, 1.165) is 31.5 Å². The van der Waals surface area contributed by atoms with Gasteiger partial charge in [-0.05, 0) is 73.4 Å². The van der Waals surface area contributed by atoms with Crippen molar-refractivity contribution in [3.8, 4) is 11.8 Å². The molecular formula is C22H22FN3O2. The summed E-state index contributed by atoms with van der Waals surface area (Å²) < 4.78 is 19.7. The molecule has 2 aromatic carbocycles. The van der Waals surface area contributed by atoms with Crippen molar-refractivity contribution in [1.82, 2.24) is 0 Å². The molecule has 1 aliphatic heterocycles. The fourth-order valence-electron chi connectivity index (χ4n) is 3.21. The lowest BCUT2D eigenvalue weighted by Gasteiger charge is -2.19. The molecule has 3 rings (SSSR count). The lowest BCUT2D eigenvalue weighted by molar-refractivity contribution is -0.112. The predicted molar refractivity (Wildman–Crippen MR) is 108 cm³/mol. The molecule has 0 spiro atoms. The number of methoxy groups -OCH3 is 1. The van der Waals surface area contributed by atoms with Gasteiger partial charge in [-0.1, -0.05) is 0 Å². The van der Waals surface area contributed by atoms with Gasteiger partial charge in [0.05, 0.1) is 12.8 Å². The molecule has 6 heteroatoms. The molecule has 0 radical (unpaired) electrons. The fraction of sp³-hybridized carbons (Fsp3) is 0.273. The number of ether oxygens (including phenoxy) is 1. The smallest absolute Gasteiger partial charge is 0.266 e. The Kier molecular flexibility index (Phi) is 5.95. The lowest BCUT2D eigenvalue weighted by atomic mass is 10.0. The Balaban J connectivity index is 1.82. The Bertz CT molecular complexity index is 939. The minimum absolute atomic E-state index is 0.0905. The number of nitrogens with zero attached hydrogens (tertiary/aromatic N) is 2. The second-order valence-corrected chi connectivity index (χ2v) is 6.71. The van der Waals surface area contributed by atoms with Crippen LogP contribution in [0.2, 0.25) is 0 Å². The molecular weight excluding hydrogens is 357 g/mol. The average molecular weight is 379 g/mol. The van der Waals surface area contributed by atoms with Gasteiger partial charge < -0.3 is 15.0 Å². The highest BCUT2D eigenvalue weighted by molar-refractivity contribution is 6.09. The number of aryl methyl sites for hydroxylation is 1. The van der Waals surface area contributed by atoms with E-state index in [1.54, 1.807) is 37.4 Å². The molecule has 2 aromatic rings. The Morgan fingerprint density at radius 3 is 2.54 bits per heavy atom. The minimum Gasteiger partial charge on any atom is -0.497 e. The van der Waals surface area contributed by atoms with E-state index in [1.165, 1.54) is 12.1 Å². The quantitative estimate of drug-likeness (QED) is 0.622. The van der Waals surface area contributed by atoms with Crippen molar-refractivity contribution in [3.63, 3.8) is 0 Å². The second kappa shape index (κ2) is 8.57. The second-order valence-electron chi connectivity index (χ2n) is 6.71. The number of carbonyl (C=O) groups is 1. The highest BCUT2D eigenvalue weighted by Gasteiger charge is 2.18. The molecule has 1 fully saturated rings. The van der Waals surface area contributed by atoms with Gasteiger partial charge >= 0.3 is 0 Å². The SMILES string of the molecule is COc1ccc(NC(=O)/C(C#N)=C\c2cc(F)c(N3CCCC3)cc2C)cc1. The van der Waals surface area contributed by atoms with Crippen molar-refractivity contribution in [2.45, 2.75) is 19.8 Å². The maximum Gasteiger partial charge on any atom is 0.266 e. The third kappa shape index (κ3) is 4.32. The zero-order chi connectivity index (χ0) is 20.1. The maximum absolute atomic E-state index is 14.6. The van der Waals surface area contributed by atoms with Crippen LogP contribution < -0.4 is 15.0 Å². The zero-order valence-corrected chi connectivity index (χ0v) is 16.0. The van der Waals surface area contributed by atoms with Crippen LogP contribution in [0.15, 0.2) is 42.0 Å². The van der Waals surface area contributed by atoms with Gasteiger partial charge in [-0.25, -0.2) is 4.39 Å². The molecule has 0 unspecified atom stereocenters. The molecule has 1 saturated heterocycles. The van der Waals surface area contributed by atoms with Crippen molar-refractivity contribution < 1.29 is 13.9 Å². The summed E-state index contributed by atoms with van der Waals surface area (Å²) in [4.78, 5) is 14.5. The van der Waals surface area contributed by atoms with Crippen LogP contribution in [0.4, 0.5) is 15.8 Å². The van der Waals surface area contributed by atoms with E-state index < -0.39 is 5.91 Å². The normalized spacial score (nSPS) is 13.9. The molecule has 1 heterocycles. The number of nitrogens with one attached hydrogen (secondary N) is 1. The van der Waals surface area contributed by atoms with Crippen molar-refractivity contribution in [2.24, 2.45) is 0 Å². The number of amides is 1. The number of halogens is 1. The summed E-state index contributed by atoms with van der Waals surface area (Å²) in [5, 5.41) is 12.1. The van der Waals surface area contributed by atoms with E-state index in [4.69, 9.17) is 4.74 Å². The summed E-state index contributed by atoms with van der Waals surface area (Å²) >= 11 is 0. The Hall–Kier alpha value is -3.33. The first-order chi connectivity index (χ1) is 13.5. The first-order valence-electron chi connectivity index (χ1n) is 9.14. The molecule has 1 aliphatic rings. The van der Waals surface area contributed by atoms with Crippen molar-refractivity contribution in [1.29, 1.82) is 5.26 Å². The van der Waals surface area contributed by atoms with Crippen LogP contribution in [0.25, 0.3) is 6.08 Å². The third-order valence-electron chi connectivity index (χ3n) is 4.80. The van der Waals surface area contributed by atoms with Gasteiger partial charge in [-0.3, -0.25) is 4.79 Å². The molecule has 0 bridgehead atoms. The van der Waals surface area contributed by atoms with Gasteiger partial charge in [0.2, 0.25) is 0 Å². The van der Waals surface area contributed by atoms with E-state index in [2.05, 4.69) is 5.32 Å². The van der Waals surface area contributed by atoms with Gasteiger partial charge in [0.1, 0.15) is 23.2 Å². The first-order valence-corrected chi connectivity index (χ1v) is 9.14. The highest BCUT2D eigenvalue weighted by atomic mass is 19.1. The van der Waals surface area contributed by atoms with E-state index in [9.17, 15) is 14.4 Å². The summed E-state index contributed by atoms with van der Waals surface area (Å²) in [5.74, 6) is -0.221. The number of anilines is 2. The fourth-order valence-corrected chi connectivity index (χ4v) is 3.21. The van der Waals surface area contributed by atoms with Gasteiger partial charge in [0.15, 0.2) is 0 Å². The third-order valence-corrected chi connectivity index (χ3v) is 4.80. The standard InChI is InChI=1S/C22H22FN3O2/c1-15-11-21(26-9-3-4-10-26)20(23)13-16(15)12-17(14-24)22(27)25-18-5-7-19(28-2)8-6-18/h5-8,11-13H,3-4,9-10H2,1-2H3,(H,25,27)/b17-12-. The number of carbonyl (C=O) groups excluding carboxylic acids is 1. The Morgan fingerprint density at radius 1 is 1.25 bits per heavy atom. The van der Waals surface area contributed by atoms with Crippen LogP contribution in [-0.4, -0.2) is 26.1 Å². The van der Waals surface area contributed by atoms with Gasteiger partial charge in [0.25, 0.3) is 5.91 Å². The molecule has 0 saturated carbocycles. The maximum atomic E-state index is 14.6. The number of nitriles is 1. The molecule has 0 aliphatic carbocycles. The summed E-state index contributed by atoms with van der Waals surface area (Å²) in [6, 6.07) is 11.9. The molecule has 0 atom stereocenters. The van der Waals surface area contributed by atoms with Gasteiger partial charge in [-0.15, -0.1) is 0 Å². The summed E-state index contributed by atoms with van der Waals surface area (Å²) in [5.41, 5.74) is 2.36. The number of rotatable bonds is 5. The molecule has 1 amide bonds. The van der Waals surface area contributed by atoms with Crippen LogP contribution in [0.5, 0.6) is 5.75 Å². The molecule has 1 N–H and O–H groups in total. The van der Waals surface area contributed by atoms with E-state index >= 15 is 0 Å². The van der Waals surface area contributed by atoms with Crippen molar-refractivity contribution in [2.75, 3.05) is 30.4 Å². The zero-order valence-electron chi connectivity index (χ0n) is 16.0.